The van der Waals surface area contributed by atoms with Gasteiger partial charge in [-0.2, -0.15) is 13.2 Å². The predicted molar refractivity (Wildman–Crippen MR) is 107 cm³/mol. The van der Waals surface area contributed by atoms with Gasteiger partial charge in [-0.3, -0.25) is 9.59 Å². The van der Waals surface area contributed by atoms with Gasteiger partial charge in [0.15, 0.2) is 5.78 Å². The highest BCUT2D eigenvalue weighted by molar-refractivity contribution is 5.94. The first kappa shape index (κ1) is 25.4. The van der Waals surface area contributed by atoms with E-state index in [1.807, 2.05) is 18.7 Å². The van der Waals surface area contributed by atoms with Crippen LogP contribution in [0.5, 0.6) is 0 Å². The molecular weight excluding hydrogens is 383 g/mol. The van der Waals surface area contributed by atoms with Gasteiger partial charge in [0.2, 0.25) is 0 Å². The van der Waals surface area contributed by atoms with Crippen molar-refractivity contribution in [3.8, 4) is 0 Å². The fourth-order valence-electron chi connectivity index (χ4n) is 3.71. The standard InChI is InChI=1S/C22H34F3NO3/c1-7-29-21(28)17(10-14(2)3)12-18-15(4)11-16(8-9-26(5)6)19(13-20(18)27)22(23,24)25/h11,13-15,17-18H,7-10,12H2,1-6H3. The van der Waals surface area contributed by atoms with E-state index in [0.717, 1.165) is 6.08 Å². The average Bonchev–Trinajstić information content (AvgIpc) is 2.69. The molecule has 0 fully saturated rings. The number of hydrogen-bond donors (Lipinski definition) is 0. The topological polar surface area (TPSA) is 46.6 Å². The number of esters is 1. The molecule has 0 heterocycles. The molecule has 0 saturated heterocycles. The van der Waals surface area contributed by atoms with E-state index in [-0.39, 0.29) is 36.9 Å². The first-order valence-electron chi connectivity index (χ1n) is 10.2. The summed E-state index contributed by atoms with van der Waals surface area (Å²) in [6.45, 7) is 8.07. The zero-order valence-corrected chi connectivity index (χ0v) is 18.3. The molecule has 0 aromatic rings. The molecule has 29 heavy (non-hydrogen) atoms. The van der Waals surface area contributed by atoms with E-state index in [4.69, 9.17) is 4.74 Å². The van der Waals surface area contributed by atoms with Gasteiger partial charge in [-0.05, 0) is 63.8 Å². The van der Waals surface area contributed by atoms with Gasteiger partial charge in [0.25, 0.3) is 0 Å². The summed E-state index contributed by atoms with van der Waals surface area (Å²) < 4.78 is 46.1. The highest BCUT2D eigenvalue weighted by Crippen LogP contribution is 2.39. The average molecular weight is 418 g/mol. The second-order valence-electron chi connectivity index (χ2n) is 8.48. The summed E-state index contributed by atoms with van der Waals surface area (Å²) in [5.41, 5.74) is -0.721. The molecule has 0 radical (unpaired) electrons. The smallest absolute Gasteiger partial charge is 0.416 e. The van der Waals surface area contributed by atoms with Crippen molar-refractivity contribution in [3.63, 3.8) is 0 Å². The van der Waals surface area contributed by atoms with Crippen LogP contribution in [-0.4, -0.2) is 50.1 Å². The Labute approximate surface area is 172 Å². The zero-order valence-electron chi connectivity index (χ0n) is 18.3. The fourth-order valence-corrected chi connectivity index (χ4v) is 3.71. The third-order valence-electron chi connectivity index (χ3n) is 5.14. The van der Waals surface area contributed by atoms with Crippen LogP contribution in [0.3, 0.4) is 0 Å². The zero-order chi connectivity index (χ0) is 22.4. The monoisotopic (exact) mass is 417 g/mol. The first-order valence-corrected chi connectivity index (χ1v) is 10.2. The minimum atomic E-state index is -4.60. The number of halogens is 3. The first-order chi connectivity index (χ1) is 13.4. The van der Waals surface area contributed by atoms with Crippen molar-refractivity contribution in [2.45, 2.75) is 53.1 Å². The number of carbonyl (C=O) groups is 2. The van der Waals surface area contributed by atoms with Crippen molar-refractivity contribution in [2.24, 2.45) is 23.7 Å². The summed E-state index contributed by atoms with van der Waals surface area (Å²) in [5, 5.41) is 0. The van der Waals surface area contributed by atoms with Crippen LogP contribution in [0.1, 0.15) is 47.0 Å². The minimum Gasteiger partial charge on any atom is -0.466 e. The minimum absolute atomic E-state index is 0.145. The Morgan fingerprint density at radius 1 is 1.28 bits per heavy atom. The Hall–Kier alpha value is -1.63. The molecule has 0 aromatic heterocycles. The highest BCUT2D eigenvalue weighted by atomic mass is 19.4. The molecule has 1 aliphatic carbocycles. The molecule has 4 nitrogen and oxygen atoms in total. The molecule has 0 aromatic carbocycles. The van der Waals surface area contributed by atoms with Gasteiger partial charge in [-0.25, -0.2) is 0 Å². The van der Waals surface area contributed by atoms with Crippen molar-refractivity contribution in [1.29, 1.82) is 0 Å². The lowest BCUT2D eigenvalue weighted by Gasteiger charge is -2.24. The van der Waals surface area contributed by atoms with Gasteiger partial charge in [0.05, 0.1) is 18.1 Å². The lowest BCUT2D eigenvalue weighted by Crippen LogP contribution is -2.28. The van der Waals surface area contributed by atoms with Crippen LogP contribution in [0.2, 0.25) is 0 Å². The van der Waals surface area contributed by atoms with Crippen molar-refractivity contribution in [3.05, 3.63) is 23.3 Å². The highest BCUT2D eigenvalue weighted by Gasteiger charge is 2.40. The van der Waals surface area contributed by atoms with Crippen LogP contribution in [0.15, 0.2) is 23.3 Å². The van der Waals surface area contributed by atoms with Crippen LogP contribution >= 0.6 is 0 Å². The van der Waals surface area contributed by atoms with Crippen LogP contribution in [-0.2, 0) is 14.3 Å². The number of ketones is 1. The molecule has 7 heteroatoms. The molecular formula is C22H34F3NO3. The van der Waals surface area contributed by atoms with Crippen LogP contribution < -0.4 is 0 Å². The maximum Gasteiger partial charge on any atom is 0.416 e. The third-order valence-corrected chi connectivity index (χ3v) is 5.14. The van der Waals surface area contributed by atoms with E-state index >= 15 is 0 Å². The molecule has 3 unspecified atom stereocenters. The van der Waals surface area contributed by atoms with Crippen LogP contribution in [0, 0.1) is 23.7 Å². The molecule has 1 rings (SSSR count). The lowest BCUT2D eigenvalue weighted by molar-refractivity contribution is -0.149. The molecule has 0 saturated carbocycles. The van der Waals surface area contributed by atoms with Gasteiger partial charge in [-0.1, -0.05) is 26.8 Å². The van der Waals surface area contributed by atoms with Crippen molar-refractivity contribution in [2.75, 3.05) is 27.2 Å². The van der Waals surface area contributed by atoms with E-state index in [9.17, 15) is 22.8 Å². The molecule has 0 N–H and O–H groups in total. The molecule has 1 aliphatic rings. The summed E-state index contributed by atoms with van der Waals surface area (Å²) in [5.74, 6) is -2.35. The van der Waals surface area contributed by atoms with Gasteiger partial charge >= 0.3 is 12.1 Å². The molecule has 0 spiro atoms. The van der Waals surface area contributed by atoms with Crippen molar-refractivity contribution < 1.29 is 27.5 Å². The quantitative estimate of drug-likeness (QED) is 0.506. The van der Waals surface area contributed by atoms with Crippen LogP contribution in [0.4, 0.5) is 13.2 Å². The molecule has 0 amide bonds. The van der Waals surface area contributed by atoms with Crippen molar-refractivity contribution >= 4 is 11.8 Å². The number of alkyl halides is 3. The molecule has 0 aliphatic heterocycles. The third kappa shape index (κ3) is 7.96. The largest absolute Gasteiger partial charge is 0.466 e. The number of rotatable bonds is 9. The van der Waals surface area contributed by atoms with Gasteiger partial charge in [0.1, 0.15) is 0 Å². The number of ether oxygens (including phenoxy) is 1. The Morgan fingerprint density at radius 3 is 2.38 bits per heavy atom. The Morgan fingerprint density at radius 2 is 1.90 bits per heavy atom. The second-order valence-corrected chi connectivity index (χ2v) is 8.48. The summed E-state index contributed by atoms with van der Waals surface area (Å²) >= 11 is 0. The number of carbonyl (C=O) groups excluding carboxylic acids is 2. The fraction of sp³-hybridized carbons (Fsp3) is 0.727. The summed E-state index contributed by atoms with van der Waals surface area (Å²) in [6.07, 6.45) is -1.36. The number of nitrogens with zero attached hydrogens (tertiary/aromatic N) is 1. The summed E-state index contributed by atoms with van der Waals surface area (Å²) in [4.78, 5) is 27.0. The molecule has 166 valence electrons. The van der Waals surface area contributed by atoms with E-state index in [0.29, 0.717) is 13.0 Å². The normalized spacial score (nSPS) is 21.7. The summed E-state index contributed by atoms with van der Waals surface area (Å²) in [6, 6.07) is 0. The maximum absolute atomic E-state index is 13.6. The van der Waals surface area contributed by atoms with E-state index in [2.05, 4.69) is 0 Å². The van der Waals surface area contributed by atoms with E-state index < -0.39 is 35.3 Å². The number of allylic oxidation sites excluding steroid dienone is 3. The number of hydrogen-bond acceptors (Lipinski definition) is 4. The van der Waals surface area contributed by atoms with Crippen LogP contribution in [0.25, 0.3) is 0 Å². The predicted octanol–water partition coefficient (Wildman–Crippen LogP) is 4.80. The van der Waals surface area contributed by atoms with Gasteiger partial charge < -0.3 is 9.64 Å². The van der Waals surface area contributed by atoms with E-state index in [1.165, 1.54) is 0 Å². The van der Waals surface area contributed by atoms with Gasteiger partial charge in [-0.15, -0.1) is 0 Å². The van der Waals surface area contributed by atoms with Crippen molar-refractivity contribution in [1.82, 2.24) is 4.90 Å². The maximum atomic E-state index is 13.6. The summed E-state index contributed by atoms with van der Waals surface area (Å²) in [7, 11) is 3.59. The Kier molecular flexibility index (Phi) is 9.59. The molecule has 0 bridgehead atoms. The van der Waals surface area contributed by atoms with Gasteiger partial charge in [0, 0.05) is 12.5 Å². The van der Waals surface area contributed by atoms with E-state index in [1.54, 1.807) is 34.0 Å². The molecule has 3 atom stereocenters. The Balaban J connectivity index is 3.23. The Bertz CT molecular complexity index is 636. The second kappa shape index (κ2) is 11.0. The SMILES string of the molecule is CCOC(=O)C(CC(C)C)CC1C(=O)C=C(C(F)(F)F)C(CCN(C)C)=CC1C. The lowest BCUT2D eigenvalue weighted by atomic mass is 9.80.